The molecule has 5 nitrogen and oxygen atoms in total. The lowest BCUT2D eigenvalue weighted by Crippen LogP contribution is -2.14. The summed E-state index contributed by atoms with van der Waals surface area (Å²) in [5.74, 6) is -0.135. The number of aryl methyl sites for hydroxylation is 1. The van der Waals surface area contributed by atoms with Gasteiger partial charge in [-0.3, -0.25) is 4.79 Å². The zero-order valence-electron chi connectivity index (χ0n) is 13.1. The summed E-state index contributed by atoms with van der Waals surface area (Å²) in [6.07, 6.45) is 0. The highest BCUT2D eigenvalue weighted by atomic mass is 35.5. The smallest absolute Gasteiger partial charge is 0.277 e. The standard InChI is InChI=1S/C17H13ClFN3O2S/c1-10-8-13(19)6-7-14(10)20-15(23)9-25-17-22-21-16(24-17)11-2-4-12(18)5-3-11/h2-8H,9H2,1H3,(H,20,23). The number of amides is 1. The van der Waals surface area contributed by atoms with Crippen LogP contribution in [-0.4, -0.2) is 21.9 Å². The van der Waals surface area contributed by atoms with Gasteiger partial charge in [-0.25, -0.2) is 4.39 Å². The van der Waals surface area contributed by atoms with Gasteiger partial charge in [0, 0.05) is 16.3 Å². The third-order valence-corrected chi connectivity index (χ3v) is 4.36. The van der Waals surface area contributed by atoms with Gasteiger partial charge in [0.15, 0.2) is 0 Å². The normalized spacial score (nSPS) is 10.7. The molecule has 1 amide bonds. The number of rotatable bonds is 5. The number of thioether (sulfide) groups is 1. The van der Waals surface area contributed by atoms with Crippen molar-refractivity contribution in [2.75, 3.05) is 11.1 Å². The van der Waals surface area contributed by atoms with Crippen LogP contribution in [0.5, 0.6) is 0 Å². The Kier molecular flexibility index (Phi) is 5.35. The minimum Gasteiger partial charge on any atom is -0.411 e. The lowest BCUT2D eigenvalue weighted by molar-refractivity contribution is -0.113. The number of halogens is 2. The van der Waals surface area contributed by atoms with Gasteiger partial charge in [-0.1, -0.05) is 23.4 Å². The zero-order valence-corrected chi connectivity index (χ0v) is 14.7. The molecular formula is C17H13ClFN3O2S. The van der Waals surface area contributed by atoms with Gasteiger partial charge in [0.1, 0.15) is 5.82 Å². The number of aromatic nitrogens is 2. The number of hydrogen-bond donors (Lipinski definition) is 1. The molecule has 0 fully saturated rings. The molecular weight excluding hydrogens is 365 g/mol. The van der Waals surface area contributed by atoms with E-state index in [0.717, 1.165) is 17.3 Å². The summed E-state index contributed by atoms with van der Waals surface area (Å²) >= 11 is 6.96. The van der Waals surface area contributed by atoms with Crippen molar-refractivity contribution in [3.05, 3.63) is 58.9 Å². The minimum atomic E-state index is -0.342. The topological polar surface area (TPSA) is 68.0 Å². The molecule has 1 N–H and O–H groups in total. The van der Waals surface area contributed by atoms with Gasteiger partial charge in [0.05, 0.1) is 5.75 Å². The molecule has 2 aromatic carbocycles. The molecule has 0 aliphatic carbocycles. The van der Waals surface area contributed by atoms with Gasteiger partial charge >= 0.3 is 0 Å². The van der Waals surface area contributed by atoms with Crippen molar-refractivity contribution in [2.45, 2.75) is 12.1 Å². The Bertz CT molecular complexity index is 899. The van der Waals surface area contributed by atoms with Crippen LogP contribution in [0.3, 0.4) is 0 Å². The Morgan fingerprint density at radius 1 is 1.24 bits per heavy atom. The average molecular weight is 378 g/mol. The van der Waals surface area contributed by atoms with Crippen molar-refractivity contribution in [2.24, 2.45) is 0 Å². The highest BCUT2D eigenvalue weighted by Crippen LogP contribution is 2.24. The van der Waals surface area contributed by atoms with E-state index >= 15 is 0 Å². The summed E-state index contributed by atoms with van der Waals surface area (Å²) < 4.78 is 18.6. The van der Waals surface area contributed by atoms with Crippen LogP contribution in [0.4, 0.5) is 10.1 Å². The second-order valence-corrected chi connectivity index (χ2v) is 6.54. The molecule has 128 valence electrons. The Labute approximate surface area is 152 Å². The largest absolute Gasteiger partial charge is 0.411 e. The second-order valence-electron chi connectivity index (χ2n) is 5.18. The lowest BCUT2D eigenvalue weighted by Gasteiger charge is -2.07. The first-order valence-electron chi connectivity index (χ1n) is 7.29. The van der Waals surface area contributed by atoms with Crippen LogP contribution < -0.4 is 5.32 Å². The Morgan fingerprint density at radius 3 is 2.72 bits per heavy atom. The molecule has 8 heteroatoms. The second kappa shape index (κ2) is 7.67. The molecule has 1 aromatic heterocycles. The Balaban J connectivity index is 1.58. The highest BCUT2D eigenvalue weighted by Gasteiger charge is 2.12. The molecule has 1 heterocycles. The summed E-state index contributed by atoms with van der Waals surface area (Å²) in [6, 6.07) is 11.2. The van der Waals surface area contributed by atoms with E-state index in [0.29, 0.717) is 22.2 Å². The fourth-order valence-corrected chi connectivity index (χ4v) is 2.75. The van der Waals surface area contributed by atoms with Gasteiger partial charge in [0.25, 0.3) is 5.22 Å². The van der Waals surface area contributed by atoms with Gasteiger partial charge in [-0.05, 0) is 55.0 Å². The average Bonchev–Trinajstić information content (AvgIpc) is 3.05. The number of nitrogens with zero attached hydrogens (tertiary/aromatic N) is 2. The van der Waals surface area contributed by atoms with E-state index in [1.165, 1.54) is 18.2 Å². The Morgan fingerprint density at radius 2 is 2.00 bits per heavy atom. The van der Waals surface area contributed by atoms with Crippen LogP contribution in [0.2, 0.25) is 5.02 Å². The van der Waals surface area contributed by atoms with Crippen molar-refractivity contribution < 1.29 is 13.6 Å². The molecule has 0 atom stereocenters. The van der Waals surface area contributed by atoms with Crippen LogP contribution in [0, 0.1) is 12.7 Å². The summed E-state index contributed by atoms with van der Waals surface area (Å²) in [6.45, 7) is 1.72. The van der Waals surface area contributed by atoms with E-state index in [1.54, 1.807) is 31.2 Å². The fraction of sp³-hybridized carbons (Fsp3) is 0.118. The van der Waals surface area contributed by atoms with E-state index in [-0.39, 0.29) is 22.7 Å². The maximum absolute atomic E-state index is 13.1. The van der Waals surface area contributed by atoms with E-state index in [2.05, 4.69) is 15.5 Å². The number of nitrogens with one attached hydrogen (secondary N) is 1. The minimum absolute atomic E-state index is 0.0963. The molecule has 0 aliphatic rings. The van der Waals surface area contributed by atoms with E-state index in [9.17, 15) is 9.18 Å². The quantitative estimate of drug-likeness (QED) is 0.660. The first-order valence-corrected chi connectivity index (χ1v) is 8.66. The van der Waals surface area contributed by atoms with E-state index in [1.807, 2.05) is 0 Å². The van der Waals surface area contributed by atoms with E-state index < -0.39 is 0 Å². The van der Waals surface area contributed by atoms with E-state index in [4.69, 9.17) is 16.0 Å². The van der Waals surface area contributed by atoms with Crippen LogP contribution in [-0.2, 0) is 4.79 Å². The Hall–Kier alpha value is -2.38. The van der Waals surface area contributed by atoms with Crippen molar-refractivity contribution in [3.8, 4) is 11.5 Å². The fourth-order valence-electron chi connectivity index (χ4n) is 2.06. The maximum Gasteiger partial charge on any atom is 0.277 e. The van der Waals surface area contributed by atoms with Gasteiger partial charge in [0.2, 0.25) is 11.8 Å². The number of anilines is 1. The van der Waals surface area contributed by atoms with Gasteiger partial charge in [-0.2, -0.15) is 0 Å². The van der Waals surface area contributed by atoms with Crippen LogP contribution >= 0.6 is 23.4 Å². The number of benzene rings is 2. The van der Waals surface area contributed by atoms with Gasteiger partial charge in [-0.15, -0.1) is 10.2 Å². The van der Waals surface area contributed by atoms with Crippen molar-refractivity contribution in [1.29, 1.82) is 0 Å². The molecule has 0 saturated carbocycles. The predicted molar refractivity (Wildman–Crippen MR) is 95.2 cm³/mol. The van der Waals surface area contributed by atoms with Crippen molar-refractivity contribution >= 4 is 35.0 Å². The molecule has 0 spiro atoms. The van der Waals surface area contributed by atoms with Gasteiger partial charge < -0.3 is 9.73 Å². The van der Waals surface area contributed by atoms with Crippen LogP contribution in [0.1, 0.15) is 5.56 Å². The molecule has 0 saturated heterocycles. The molecule has 0 aliphatic heterocycles. The predicted octanol–water partition coefficient (Wildman–Crippen LogP) is 4.57. The first-order chi connectivity index (χ1) is 12.0. The zero-order chi connectivity index (χ0) is 17.8. The molecule has 3 rings (SSSR count). The molecule has 0 radical (unpaired) electrons. The molecule has 0 unspecified atom stereocenters. The summed E-state index contributed by atoms with van der Waals surface area (Å²) in [4.78, 5) is 12.0. The number of carbonyl (C=O) groups is 1. The third kappa shape index (κ3) is 4.58. The van der Waals surface area contributed by atoms with Crippen molar-refractivity contribution in [1.82, 2.24) is 10.2 Å². The number of carbonyl (C=O) groups excluding carboxylic acids is 1. The summed E-state index contributed by atoms with van der Waals surface area (Å²) in [5.41, 5.74) is 1.97. The molecule has 3 aromatic rings. The molecule has 0 bridgehead atoms. The highest BCUT2D eigenvalue weighted by molar-refractivity contribution is 7.99. The maximum atomic E-state index is 13.1. The summed E-state index contributed by atoms with van der Waals surface area (Å²) in [5, 5.41) is 11.5. The third-order valence-electron chi connectivity index (χ3n) is 3.29. The number of hydrogen-bond acceptors (Lipinski definition) is 5. The molecule has 25 heavy (non-hydrogen) atoms. The van der Waals surface area contributed by atoms with Crippen LogP contribution in [0.15, 0.2) is 52.1 Å². The monoisotopic (exact) mass is 377 g/mol. The van der Waals surface area contributed by atoms with Crippen molar-refractivity contribution in [3.63, 3.8) is 0 Å². The summed E-state index contributed by atoms with van der Waals surface area (Å²) in [7, 11) is 0. The van der Waals surface area contributed by atoms with Crippen LogP contribution in [0.25, 0.3) is 11.5 Å². The SMILES string of the molecule is Cc1cc(F)ccc1NC(=O)CSc1nnc(-c2ccc(Cl)cc2)o1. The first kappa shape index (κ1) is 17.4. The lowest BCUT2D eigenvalue weighted by atomic mass is 10.2.